The predicted octanol–water partition coefficient (Wildman–Crippen LogP) is 4.02. The molecule has 0 bridgehead atoms. The van der Waals surface area contributed by atoms with Crippen molar-refractivity contribution in [1.29, 1.82) is 0 Å². The molecule has 22 heavy (non-hydrogen) atoms. The minimum Gasteiger partial charge on any atom is -0.384 e. The molecule has 0 fully saturated rings. The van der Waals surface area contributed by atoms with Gasteiger partial charge in [0, 0.05) is 24.6 Å². The van der Waals surface area contributed by atoms with E-state index in [-0.39, 0.29) is 5.91 Å². The molecule has 0 atom stereocenters. The first-order chi connectivity index (χ1) is 10.4. The number of aromatic nitrogens is 1. The summed E-state index contributed by atoms with van der Waals surface area (Å²) in [7, 11) is 0. The fraction of sp³-hybridized carbons (Fsp3) is 0.333. The largest absolute Gasteiger partial charge is 0.384 e. The Hall–Kier alpha value is -2.36. The number of anilines is 2. The van der Waals surface area contributed by atoms with E-state index in [1.807, 2.05) is 32.0 Å². The zero-order valence-corrected chi connectivity index (χ0v) is 13.6. The molecule has 1 aromatic carbocycles. The van der Waals surface area contributed by atoms with E-state index in [2.05, 4.69) is 35.5 Å². The van der Waals surface area contributed by atoms with Gasteiger partial charge in [-0.25, -0.2) is 0 Å². The van der Waals surface area contributed by atoms with Crippen LogP contribution in [0, 0.1) is 19.8 Å². The number of hydrogen-bond acceptors (Lipinski definition) is 3. The second-order valence-electron chi connectivity index (χ2n) is 6.07. The Labute approximate surface area is 132 Å². The fourth-order valence-corrected chi connectivity index (χ4v) is 2.23. The van der Waals surface area contributed by atoms with E-state index in [4.69, 9.17) is 0 Å². The van der Waals surface area contributed by atoms with Crippen LogP contribution in [-0.2, 0) is 0 Å². The van der Waals surface area contributed by atoms with Crippen LogP contribution in [0.1, 0.15) is 35.3 Å². The third-order valence-electron chi connectivity index (χ3n) is 3.19. The molecule has 2 N–H and O–H groups in total. The van der Waals surface area contributed by atoms with Crippen molar-refractivity contribution in [2.45, 2.75) is 27.7 Å². The van der Waals surface area contributed by atoms with E-state index in [9.17, 15) is 4.79 Å². The Balaban J connectivity index is 2.10. The maximum Gasteiger partial charge on any atom is 0.257 e. The molecule has 0 saturated carbocycles. The Morgan fingerprint density at radius 3 is 2.36 bits per heavy atom. The number of hydrogen-bond donors (Lipinski definition) is 2. The number of benzene rings is 1. The minimum absolute atomic E-state index is 0.148. The van der Waals surface area contributed by atoms with Crippen LogP contribution in [0.5, 0.6) is 0 Å². The molecule has 2 aromatic rings. The van der Waals surface area contributed by atoms with Gasteiger partial charge in [-0.1, -0.05) is 19.9 Å². The molecule has 1 aromatic heterocycles. The lowest BCUT2D eigenvalue weighted by atomic mass is 10.1. The quantitative estimate of drug-likeness (QED) is 0.876. The number of rotatable bonds is 5. The first kappa shape index (κ1) is 16.0. The summed E-state index contributed by atoms with van der Waals surface area (Å²) in [6.45, 7) is 9.15. The molecule has 1 heterocycles. The van der Waals surface area contributed by atoms with E-state index >= 15 is 0 Å². The molecule has 116 valence electrons. The topological polar surface area (TPSA) is 54.0 Å². The predicted molar refractivity (Wildman–Crippen MR) is 91.4 cm³/mol. The van der Waals surface area contributed by atoms with Crippen LogP contribution in [0.25, 0.3) is 0 Å². The van der Waals surface area contributed by atoms with Gasteiger partial charge in [0.25, 0.3) is 5.91 Å². The molecule has 0 spiro atoms. The van der Waals surface area contributed by atoms with Gasteiger partial charge in [-0.3, -0.25) is 9.78 Å². The standard InChI is InChI=1S/C18H23N3O/c1-12(2)9-20-17-8-15(10-19-11-17)18(22)21-16-6-13(3)5-14(4)7-16/h5-8,10-12,20H,9H2,1-4H3,(H,21,22). The number of pyridine rings is 1. The number of amides is 1. The van der Waals surface area contributed by atoms with E-state index in [0.29, 0.717) is 11.5 Å². The van der Waals surface area contributed by atoms with Crippen molar-refractivity contribution in [3.8, 4) is 0 Å². The van der Waals surface area contributed by atoms with E-state index in [0.717, 1.165) is 29.0 Å². The van der Waals surface area contributed by atoms with Gasteiger partial charge in [0.2, 0.25) is 0 Å². The van der Waals surface area contributed by atoms with Crippen molar-refractivity contribution in [1.82, 2.24) is 4.98 Å². The van der Waals surface area contributed by atoms with Crippen LogP contribution in [0.2, 0.25) is 0 Å². The van der Waals surface area contributed by atoms with Crippen LogP contribution >= 0.6 is 0 Å². The molecule has 0 radical (unpaired) electrons. The lowest BCUT2D eigenvalue weighted by Crippen LogP contribution is -2.14. The highest BCUT2D eigenvalue weighted by atomic mass is 16.1. The molecular formula is C18H23N3O. The van der Waals surface area contributed by atoms with Gasteiger partial charge < -0.3 is 10.6 Å². The normalized spacial score (nSPS) is 10.6. The molecule has 0 saturated heterocycles. The summed E-state index contributed by atoms with van der Waals surface area (Å²) in [5.41, 5.74) is 4.47. The summed E-state index contributed by atoms with van der Waals surface area (Å²) < 4.78 is 0. The molecule has 4 heteroatoms. The zero-order chi connectivity index (χ0) is 16.1. The first-order valence-electron chi connectivity index (χ1n) is 7.52. The number of nitrogens with one attached hydrogen (secondary N) is 2. The van der Waals surface area contributed by atoms with E-state index in [1.165, 1.54) is 0 Å². The summed E-state index contributed by atoms with van der Waals surface area (Å²) in [6.07, 6.45) is 3.31. The van der Waals surface area contributed by atoms with Crippen LogP contribution in [0.15, 0.2) is 36.7 Å². The Kier molecular flexibility index (Phi) is 5.15. The van der Waals surface area contributed by atoms with Crippen molar-refractivity contribution in [2.75, 3.05) is 17.2 Å². The smallest absolute Gasteiger partial charge is 0.257 e. The Morgan fingerprint density at radius 2 is 1.73 bits per heavy atom. The van der Waals surface area contributed by atoms with Crippen molar-refractivity contribution >= 4 is 17.3 Å². The van der Waals surface area contributed by atoms with Gasteiger partial charge in [-0.2, -0.15) is 0 Å². The highest BCUT2D eigenvalue weighted by Gasteiger charge is 2.08. The summed E-state index contributed by atoms with van der Waals surface area (Å²) in [4.78, 5) is 16.5. The van der Waals surface area contributed by atoms with Crippen LogP contribution < -0.4 is 10.6 Å². The van der Waals surface area contributed by atoms with Gasteiger partial charge in [0.15, 0.2) is 0 Å². The highest BCUT2D eigenvalue weighted by Crippen LogP contribution is 2.16. The van der Waals surface area contributed by atoms with Gasteiger partial charge in [0.05, 0.1) is 11.3 Å². The molecule has 0 unspecified atom stereocenters. The van der Waals surface area contributed by atoms with Crippen LogP contribution in [-0.4, -0.2) is 17.4 Å². The second-order valence-corrected chi connectivity index (χ2v) is 6.07. The van der Waals surface area contributed by atoms with Crippen molar-refractivity contribution in [3.05, 3.63) is 53.3 Å². The molecule has 2 rings (SSSR count). The van der Waals surface area contributed by atoms with Gasteiger partial charge in [-0.15, -0.1) is 0 Å². The average molecular weight is 297 g/mol. The zero-order valence-electron chi connectivity index (χ0n) is 13.6. The van der Waals surface area contributed by atoms with Crippen LogP contribution in [0.4, 0.5) is 11.4 Å². The molecule has 1 amide bonds. The maximum atomic E-state index is 12.3. The first-order valence-corrected chi connectivity index (χ1v) is 7.52. The lowest BCUT2D eigenvalue weighted by molar-refractivity contribution is 0.102. The number of carbonyl (C=O) groups is 1. The summed E-state index contributed by atoms with van der Waals surface area (Å²) in [5.74, 6) is 0.387. The molecule has 0 aliphatic rings. The lowest BCUT2D eigenvalue weighted by Gasteiger charge is -2.11. The number of aryl methyl sites for hydroxylation is 2. The third kappa shape index (κ3) is 4.58. The Morgan fingerprint density at radius 1 is 1.05 bits per heavy atom. The number of carbonyl (C=O) groups excluding carboxylic acids is 1. The SMILES string of the molecule is Cc1cc(C)cc(NC(=O)c2cncc(NCC(C)C)c2)c1. The molecule has 4 nitrogen and oxygen atoms in total. The summed E-state index contributed by atoms with van der Waals surface area (Å²) >= 11 is 0. The monoisotopic (exact) mass is 297 g/mol. The maximum absolute atomic E-state index is 12.3. The summed E-state index contributed by atoms with van der Waals surface area (Å²) in [6, 6.07) is 7.82. The molecule has 0 aliphatic carbocycles. The van der Waals surface area contributed by atoms with Crippen LogP contribution in [0.3, 0.4) is 0 Å². The molecular weight excluding hydrogens is 274 g/mol. The third-order valence-corrected chi connectivity index (χ3v) is 3.19. The van der Waals surface area contributed by atoms with Crippen molar-refractivity contribution < 1.29 is 4.79 Å². The van der Waals surface area contributed by atoms with E-state index < -0.39 is 0 Å². The summed E-state index contributed by atoms with van der Waals surface area (Å²) in [5, 5.41) is 6.20. The highest BCUT2D eigenvalue weighted by molar-refractivity contribution is 6.04. The molecule has 0 aliphatic heterocycles. The van der Waals surface area contributed by atoms with Gasteiger partial charge >= 0.3 is 0 Å². The average Bonchev–Trinajstić information content (AvgIpc) is 2.44. The fourth-order valence-electron chi connectivity index (χ4n) is 2.23. The van der Waals surface area contributed by atoms with Gasteiger partial charge in [-0.05, 0) is 49.1 Å². The van der Waals surface area contributed by atoms with Gasteiger partial charge in [0.1, 0.15) is 0 Å². The van der Waals surface area contributed by atoms with E-state index in [1.54, 1.807) is 12.4 Å². The second kappa shape index (κ2) is 7.07. The number of nitrogens with zero attached hydrogens (tertiary/aromatic N) is 1. The van der Waals surface area contributed by atoms with Crippen molar-refractivity contribution in [3.63, 3.8) is 0 Å². The Bertz CT molecular complexity index is 645. The minimum atomic E-state index is -0.148. The van der Waals surface area contributed by atoms with Crippen molar-refractivity contribution in [2.24, 2.45) is 5.92 Å².